The van der Waals surface area contributed by atoms with Crippen molar-refractivity contribution in [3.05, 3.63) is 39.9 Å². The van der Waals surface area contributed by atoms with Gasteiger partial charge in [0, 0.05) is 17.0 Å². The van der Waals surface area contributed by atoms with E-state index in [2.05, 4.69) is 5.32 Å². The molecule has 17 heavy (non-hydrogen) atoms. The monoisotopic (exact) mass is 238 g/mol. The average molecular weight is 238 g/mol. The summed E-state index contributed by atoms with van der Waals surface area (Å²) >= 11 is 0. The summed E-state index contributed by atoms with van der Waals surface area (Å²) in [4.78, 5) is 21.2. The third kappa shape index (κ3) is 3.44. The average Bonchev–Trinajstić information content (AvgIpc) is 2.29. The molecule has 0 radical (unpaired) electrons. The van der Waals surface area contributed by atoms with Gasteiger partial charge in [-0.3, -0.25) is 10.1 Å². The lowest BCUT2D eigenvalue weighted by Crippen LogP contribution is -2.27. The van der Waals surface area contributed by atoms with E-state index < -0.39 is 12.0 Å². The molecule has 1 rings (SSSR count). The molecule has 1 aromatic rings. The van der Waals surface area contributed by atoms with E-state index in [0.29, 0.717) is 12.1 Å². The van der Waals surface area contributed by atoms with E-state index in [1.807, 2.05) is 0 Å². The number of hydrogen-bond donors (Lipinski definition) is 2. The maximum absolute atomic E-state index is 10.9. The van der Waals surface area contributed by atoms with Gasteiger partial charge in [-0.25, -0.2) is 4.79 Å². The lowest BCUT2D eigenvalue weighted by molar-refractivity contribution is -0.518. The SMILES string of the molecule is CCC(CNc1ccccc1C(=O)O)[N+](=O)[O-]. The van der Waals surface area contributed by atoms with Crippen LogP contribution in [0.2, 0.25) is 0 Å². The molecule has 2 N–H and O–H groups in total. The highest BCUT2D eigenvalue weighted by Gasteiger charge is 2.18. The van der Waals surface area contributed by atoms with E-state index in [4.69, 9.17) is 5.11 Å². The van der Waals surface area contributed by atoms with Gasteiger partial charge >= 0.3 is 5.97 Å². The van der Waals surface area contributed by atoms with Gasteiger partial charge in [-0.05, 0) is 12.1 Å². The van der Waals surface area contributed by atoms with Crippen LogP contribution < -0.4 is 5.32 Å². The van der Waals surface area contributed by atoms with Crippen LogP contribution in [0.4, 0.5) is 5.69 Å². The highest BCUT2D eigenvalue weighted by Crippen LogP contribution is 2.15. The third-order valence-electron chi connectivity index (χ3n) is 2.46. The number of rotatable bonds is 6. The predicted octanol–water partition coefficient (Wildman–Crippen LogP) is 1.85. The van der Waals surface area contributed by atoms with Crippen LogP contribution in [0.5, 0.6) is 0 Å². The fourth-order valence-corrected chi connectivity index (χ4v) is 1.42. The first kappa shape index (κ1) is 13.0. The molecule has 0 aromatic heterocycles. The number of nitro groups is 1. The second-order valence-corrected chi connectivity index (χ2v) is 3.58. The summed E-state index contributed by atoms with van der Waals surface area (Å²) in [6, 6.07) is 5.63. The van der Waals surface area contributed by atoms with Crippen molar-refractivity contribution in [2.24, 2.45) is 0 Å². The lowest BCUT2D eigenvalue weighted by atomic mass is 10.1. The predicted molar refractivity (Wildman–Crippen MR) is 63.0 cm³/mol. The Bertz CT molecular complexity index is 420. The summed E-state index contributed by atoms with van der Waals surface area (Å²) in [6.07, 6.45) is 0.398. The second kappa shape index (κ2) is 5.83. The van der Waals surface area contributed by atoms with Crippen molar-refractivity contribution in [3.8, 4) is 0 Å². The van der Waals surface area contributed by atoms with Crippen molar-refractivity contribution in [3.63, 3.8) is 0 Å². The standard InChI is InChI=1S/C11H14N2O4/c1-2-8(13(16)17)7-12-10-6-4-3-5-9(10)11(14)15/h3-6,8,12H,2,7H2,1H3,(H,14,15). The second-order valence-electron chi connectivity index (χ2n) is 3.58. The highest BCUT2D eigenvalue weighted by atomic mass is 16.6. The minimum Gasteiger partial charge on any atom is -0.478 e. The molecule has 0 saturated carbocycles. The van der Waals surface area contributed by atoms with E-state index in [0.717, 1.165) is 0 Å². The van der Waals surface area contributed by atoms with Crippen LogP contribution >= 0.6 is 0 Å². The Kier molecular flexibility index (Phi) is 4.45. The van der Waals surface area contributed by atoms with Gasteiger partial charge in [0.15, 0.2) is 0 Å². The van der Waals surface area contributed by atoms with Gasteiger partial charge < -0.3 is 10.4 Å². The van der Waals surface area contributed by atoms with Crippen molar-refractivity contribution in [2.45, 2.75) is 19.4 Å². The van der Waals surface area contributed by atoms with Crippen LogP contribution in [-0.4, -0.2) is 28.6 Å². The summed E-state index contributed by atoms with van der Waals surface area (Å²) in [7, 11) is 0. The first-order chi connectivity index (χ1) is 8.06. The Morgan fingerprint density at radius 1 is 1.53 bits per heavy atom. The first-order valence-corrected chi connectivity index (χ1v) is 5.26. The molecule has 0 saturated heterocycles. The molecule has 0 aliphatic rings. The molecule has 0 aliphatic carbocycles. The van der Waals surface area contributed by atoms with Gasteiger partial charge in [0.1, 0.15) is 0 Å². The van der Waals surface area contributed by atoms with Gasteiger partial charge in [0.2, 0.25) is 6.04 Å². The smallest absolute Gasteiger partial charge is 0.337 e. The minimum atomic E-state index is -1.05. The number of carboxylic acids is 1. The molecule has 6 heteroatoms. The zero-order valence-corrected chi connectivity index (χ0v) is 9.42. The van der Waals surface area contributed by atoms with Crippen LogP contribution in [-0.2, 0) is 0 Å². The highest BCUT2D eigenvalue weighted by molar-refractivity contribution is 5.94. The number of aromatic carboxylic acids is 1. The largest absolute Gasteiger partial charge is 0.478 e. The van der Waals surface area contributed by atoms with Crippen LogP contribution in [0.3, 0.4) is 0 Å². The molecule has 6 nitrogen and oxygen atoms in total. The summed E-state index contributed by atoms with van der Waals surface area (Å²) in [5.41, 5.74) is 0.519. The van der Waals surface area contributed by atoms with Gasteiger partial charge in [0.05, 0.1) is 12.1 Å². The normalized spacial score (nSPS) is 11.8. The fraction of sp³-hybridized carbons (Fsp3) is 0.364. The van der Waals surface area contributed by atoms with E-state index in [1.54, 1.807) is 25.1 Å². The Labute approximate surface area is 98.4 Å². The lowest BCUT2D eigenvalue weighted by Gasteiger charge is -2.11. The number of para-hydroxylation sites is 1. The zero-order chi connectivity index (χ0) is 12.8. The van der Waals surface area contributed by atoms with Crippen molar-refractivity contribution >= 4 is 11.7 Å². The van der Waals surface area contributed by atoms with E-state index >= 15 is 0 Å². The van der Waals surface area contributed by atoms with Gasteiger partial charge in [0.25, 0.3) is 0 Å². The number of nitrogens with one attached hydrogen (secondary N) is 1. The van der Waals surface area contributed by atoms with E-state index in [1.165, 1.54) is 6.07 Å². The number of carbonyl (C=O) groups is 1. The quantitative estimate of drug-likeness (QED) is 0.582. The molecule has 0 aliphatic heterocycles. The number of carboxylic acid groups (broad SMARTS) is 1. The fourth-order valence-electron chi connectivity index (χ4n) is 1.42. The van der Waals surface area contributed by atoms with Gasteiger partial charge in [-0.1, -0.05) is 19.1 Å². The Morgan fingerprint density at radius 2 is 2.18 bits per heavy atom. The first-order valence-electron chi connectivity index (χ1n) is 5.26. The van der Waals surface area contributed by atoms with E-state index in [-0.39, 0.29) is 17.0 Å². The molecule has 1 unspecified atom stereocenters. The topological polar surface area (TPSA) is 92.5 Å². The van der Waals surface area contributed by atoms with Crippen molar-refractivity contribution in [1.29, 1.82) is 0 Å². The molecule has 0 amide bonds. The number of hydrogen-bond acceptors (Lipinski definition) is 4. The van der Waals surface area contributed by atoms with Crippen LogP contribution in [0.1, 0.15) is 23.7 Å². The van der Waals surface area contributed by atoms with Gasteiger partial charge in [-0.2, -0.15) is 0 Å². The van der Waals surface area contributed by atoms with Crippen LogP contribution in [0, 0.1) is 10.1 Å². The zero-order valence-electron chi connectivity index (χ0n) is 9.42. The van der Waals surface area contributed by atoms with Crippen molar-refractivity contribution in [2.75, 3.05) is 11.9 Å². The number of nitrogens with zero attached hydrogens (tertiary/aromatic N) is 1. The summed E-state index contributed by atoms with van der Waals surface area (Å²) in [5, 5.41) is 22.3. The van der Waals surface area contributed by atoms with Crippen molar-refractivity contribution < 1.29 is 14.8 Å². The Morgan fingerprint density at radius 3 is 2.71 bits per heavy atom. The maximum atomic E-state index is 10.9. The van der Waals surface area contributed by atoms with Crippen LogP contribution in [0.25, 0.3) is 0 Å². The summed E-state index contributed by atoms with van der Waals surface area (Å²) in [6.45, 7) is 1.84. The molecule has 0 fully saturated rings. The Balaban J connectivity index is 2.75. The number of benzene rings is 1. The molecule has 0 heterocycles. The van der Waals surface area contributed by atoms with E-state index in [9.17, 15) is 14.9 Å². The molecule has 92 valence electrons. The van der Waals surface area contributed by atoms with Gasteiger partial charge in [-0.15, -0.1) is 0 Å². The van der Waals surface area contributed by atoms with Crippen molar-refractivity contribution in [1.82, 2.24) is 0 Å². The van der Waals surface area contributed by atoms with Crippen LogP contribution in [0.15, 0.2) is 24.3 Å². The minimum absolute atomic E-state index is 0.116. The molecular formula is C11H14N2O4. The molecule has 1 atom stereocenters. The third-order valence-corrected chi connectivity index (χ3v) is 2.46. The summed E-state index contributed by atoms with van der Waals surface area (Å²) < 4.78 is 0. The molecule has 0 spiro atoms. The number of anilines is 1. The molecule has 0 bridgehead atoms. The molecular weight excluding hydrogens is 224 g/mol. The Hall–Kier alpha value is -2.11. The molecule has 1 aromatic carbocycles. The maximum Gasteiger partial charge on any atom is 0.337 e. The summed E-state index contributed by atoms with van der Waals surface area (Å²) in [5.74, 6) is -1.05.